The summed E-state index contributed by atoms with van der Waals surface area (Å²) >= 11 is 0. The van der Waals surface area contributed by atoms with Gasteiger partial charge in [-0.2, -0.15) is 0 Å². The predicted octanol–water partition coefficient (Wildman–Crippen LogP) is 1.41. The molecule has 14 heavy (non-hydrogen) atoms. The Balaban J connectivity index is 2.42. The summed E-state index contributed by atoms with van der Waals surface area (Å²) in [6.45, 7) is 3.66. The van der Waals surface area contributed by atoms with Crippen LogP contribution in [0.5, 0.6) is 0 Å². The Morgan fingerprint density at radius 1 is 1.21 bits per heavy atom. The van der Waals surface area contributed by atoms with Crippen molar-refractivity contribution in [1.29, 1.82) is 0 Å². The van der Waals surface area contributed by atoms with E-state index in [0.717, 1.165) is 16.1 Å². The molecule has 3 N–H and O–H groups in total. The molecule has 1 aromatic carbocycles. The highest BCUT2D eigenvalue weighted by atomic mass is 28.2. The molecule has 2 radical (unpaired) electrons. The van der Waals surface area contributed by atoms with Crippen LogP contribution in [-0.2, 0) is 13.0 Å². The van der Waals surface area contributed by atoms with E-state index in [2.05, 4.69) is 36.1 Å². The van der Waals surface area contributed by atoms with Gasteiger partial charge in [-0.05, 0) is 17.5 Å². The van der Waals surface area contributed by atoms with Gasteiger partial charge in [0.05, 0.1) is 0 Å². The van der Waals surface area contributed by atoms with Gasteiger partial charge in [0.15, 0.2) is 0 Å². The van der Waals surface area contributed by atoms with Gasteiger partial charge >= 0.3 is 0 Å². The van der Waals surface area contributed by atoms with Gasteiger partial charge in [-0.3, -0.25) is 0 Å². The van der Waals surface area contributed by atoms with E-state index in [9.17, 15) is 0 Å². The van der Waals surface area contributed by atoms with E-state index in [1.54, 1.807) is 0 Å². The summed E-state index contributed by atoms with van der Waals surface area (Å²) in [5, 5.41) is 3.11. The molecule has 1 aromatic rings. The van der Waals surface area contributed by atoms with E-state index < -0.39 is 0 Å². The van der Waals surface area contributed by atoms with Crippen LogP contribution in [0.4, 0.5) is 0 Å². The highest BCUT2D eigenvalue weighted by Crippen LogP contribution is 2.06. The van der Waals surface area contributed by atoms with Crippen LogP contribution in [0.25, 0.3) is 0 Å². The molecule has 0 fully saturated rings. The lowest BCUT2D eigenvalue weighted by atomic mass is 10.1. The molecule has 0 atom stereocenters. The van der Waals surface area contributed by atoms with Crippen LogP contribution in [0.15, 0.2) is 24.3 Å². The second-order valence-electron chi connectivity index (χ2n) is 3.30. The normalized spacial score (nSPS) is 10.4. The van der Waals surface area contributed by atoms with Crippen molar-refractivity contribution in [2.75, 3.05) is 6.67 Å². The highest BCUT2D eigenvalue weighted by Gasteiger charge is 1.94. The summed E-state index contributed by atoms with van der Waals surface area (Å²) < 4.78 is 0. The van der Waals surface area contributed by atoms with Gasteiger partial charge < -0.3 is 11.1 Å². The summed E-state index contributed by atoms with van der Waals surface area (Å²) in [6.07, 6.45) is 1.21. The Kier molecular flexibility index (Phi) is 5.52. The largest absolute Gasteiger partial charge is 0.318 e. The first-order chi connectivity index (χ1) is 6.86. The van der Waals surface area contributed by atoms with Gasteiger partial charge in [-0.25, -0.2) is 0 Å². The van der Waals surface area contributed by atoms with Crippen LogP contribution in [0.1, 0.15) is 11.1 Å². The quantitative estimate of drug-likeness (QED) is 0.545. The van der Waals surface area contributed by atoms with Crippen LogP contribution in [-0.4, -0.2) is 16.2 Å². The molecule has 0 unspecified atom stereocenters. The molecule has 0 amide bonds. The number of rotatable bonds is 6. The lowest BCUT2D eigenvalue weighted by Gasteiger charge is -2.03. The van der Waals surface area contributed by atoms with Crippen molar-refractivity contribution >= 4 is 9.52 Å². The van der Waals surface area contributed by atoms with Crippen LogP contribution in [0, 0.1) is 0 Å². The molecule has 3 heteroatoms. The third-order valence-corrected chi connectivity index (χ3v) is 2.91. The van der Waals surface area contributed by atoms with E-state index in [0.29, 0.717) is 6.67 Å². The lowest BCUT2D eigenvalue weighted by Crippen LogP contribution is -2.21. The minimum Gasteiger partial charge on any atom is -0.318 e. The Hall–Kier alpha value is -0.643. The van der Waals surface area contributed by atoms with Gasteiger partial charge in [-0.1, -0.05) is 36.9 Å². The van der Waals surface area contributed by atoms with Gasteiger partial charge in [0.1, 0.15) is 0 Å². The maximum atomic E-state index is 5.36. The number of benzene rings is 1. The minimum absolute atomic E-state index is 0.540. The molecular weight excluding hydrogens is 188 g/mol. The fourth-order valence-electron chi connectivity index (χ4n) is 1.31. The standard InChI is InChI=1S/C11H18N2Si/c1-14-7-6-10-2-4-11(5-3-10)8-13-9-12/h2-5,13H,6-9,12H2,1H3. The van der Waals surface area contributed by atoms with Crippen molar-refractivity contribution in [2.24, 2.45) is 5.73 Å². The molecule has 2 nitrogen and oxygen atoms in total. The monoisotopic (exact) mass is 206 g/mol. The lowest BCUT2D eigenvalue weighted by molar-refractivity contribution is 0.709. The molecule has 1 rings (SSSR count). The van der Waals surface area contributed by atoms with Crippen LogP contribution < -0.4 is 11.1 Å². The number of nitrogens with two attached hydrogens (primary N) is 1. The van der Waals surface area contributed by atoms with Crippen LogP contribution in [0.3, 0.4) is 0 Å². The summed E-state index contributed by atoms with van der Waals surface area (Å²) in [4.78, 5) is 0. The molecule has 0 aromatic heterocycles. The Morgan fingerprint density at radius 3 is 2.43 bits per heavy atom. The van der Waals surface area contributed by atoms with E-state index in [-0.39, 0.29) is 0 Å². The van der Waals surface area contributed by atoms with Crippen molar-refractivity contribution in [3.63, 3.8) is 0 Å². The molecule has 0 heterocycles. The summed E-state index contributed by atoms with van der Waals surface area (Å²) in [7, 11) is 1.05. The topological polar surface area (TPSA) is 38.0 Å². The van der Waals surface area contributed by atoms with Gasteiger partial charge in [0.25, 0.3) is 0 Å². The Morgan fingerprint density at radius 2 is 1.86 bits per heavy atom. The first kappa shape index (κ1) is 11.4. The third-order valence-electron chi connectivity index (χ3n) is 2.16. The number of hydrogen-bond acceptors (Lipinski definition) is 2. The second kappa shape index (κ2) is 6.76. The van der Waals surface area contributed by atoms with Gasteiger partial charge in [-0.15, -0.1) is 0 Å². The van der Waals surface area contributed by atoms with E-state index in [1.807, 2.05) is 0 Å². The van der Waals surface area contributed by atoms with Crippen molar-refractivity contribution in [2.45, 2.75) is 25.6 Å². The van der Waals surface area contributed by atoms with Crippen molar-refractivity contribution in [3.8, 4) is 0 Å². The molecule has 0 bridgehead atoms. The first-order valence-corrected chi connectivity index (χ1v) is 6.70. The highest BCUT2D eigenvalue weighted by molar-refractivity contribution is 6.33. The minimum atomic E-state index is 0.540. The van der Waals surface area contributed by atoms with Crippen LogP contribution >= 0.6 is 0 Å². The van der Waals surface area contributed by atoms with Crippen molar-refractivity contribution < 1.29 is 0 Å². The molecule has 0 aliphatic rings. The van der Waals surface area contributed by atoms with E-state index in [4.69, 9.17) is 5.73 Å². The number of aryl methyl sites for hydroxylation is 1. The number of hydrogen-bond donors (Lipinski definition) is 2. The summed E-state index contributed by atoms with van der Waals surface area (Å²) in [6, 6.07) is 10.1. The molecule has 0 aliphatic carbocycles. The van der Waals surface area contributed by atoms with E-state index in [1.165, 1.54) is 23.6 Å². The summed E-state index contributed by atoms with van der Waals surface area (Å²) in [5.41, 5.74) is 8.11. The van der Waals surface area contributed by atoms with Gasteiger partial charge in [0.2, 0.25) is 0 Å². The molecular formula is C11H18N2Si. The van der Waals surface area contributed by atoms with Gasteiger partial charge in [0, 0.05) is 22.7 Å². The number of nitrogens with one attached hydrogen (secondary N) is 1. The summed E-state index contributed by atoms with van der Waals surface area (Å²) in [5.74, 6) is 0. The fourth-order valence-corrected chi connectivity index (χ4v) is 1.85. The zero-order chi connectivity index (χ0) is 10.2. The Bertz CT molecular complexity index is 219. The van der Waals surface area contributed by atoms with Crippen molar-refractivity contribution in [3.05, 3.63) is 35.4 Å². The maximum absolute atomic E-state index is 5.36. The average Bonchev–Trinajstić information content (AvgIpc) is 2.25. The van der Waals surface area contributed by atoms with E-state index >= 15 is 0 Å². The maximum Gasteiger partial charge on any atom is 0.0431 e. The third kappa shape index (κ3) is 4.04. The first-order valence-electron chi connectivity index (χ1n) is 5.00. The molecule has 0 aliphatic heterocycles. The fraction of sp³-hybridized carbons (Fsp3) is 0.455. The molecule has 76 valence electrons. The Labute approximate surface area is 88.7 Å². The second-order valence-corrected chi connectivity index (χ2v) is 4.51. The SMILES string of the molecule is C[Si]CCc1ccc(CNCN)cc1. The molecule has 0 saturated carbocycles. The van der Waals surface area contributed by atoms with Crippen LogP contribution in [0.2, 0.25) is 12.6 Å². The average molecular weight is 206 g/mol. The zero-order valence-electron chi connectivity index (χ0n) is 8.72. The molecule has 0 saturated heterocycles. The smallest absolute Gasteiger partial charge is 0.0431 e. The predicted molar refractivity (Wildman–Crippen MR) is 62.5 cm³/mol. The molecule has 0 spiro atoms. The van der Waals surface area contributed by atoms with Crippen molar-refractivity contribution in [1.82, 2.24) is 5.32 Å². The zero-order valence-corrected chi connectivity index (χ0v) is 9.72.